The molecule has 0 fully saturated rings. The van der Waals surface area contributed by atoms with Gasteiger partial charge in [0.25, 0.3) is 0 Å². The zero-order chi connectivity index (χ0) is 18.5. The molecule has 2 aromatic heterocycles. The van der Waals surface area contributed by atoms with Gasteiger partial charge in [-0.05, 0) is 29.8 Å². The molecular weight excluding hydrogens is 354 g/mol. The highest BCUT2D eigenvalue weighted by Crippen LogP contribution is 2.41. The van der Waals surface area contributed by atoms with E-state index >= 15 is 0 Å². The third-order valence-corrected chi connectivity index (χ3v) is 4.26. The molecule has 0 amide bonds. The van der Waals surface area contributed by atoms with E-state index in [4.69, 9.17) is 25.8 Å². The Morgan fingerprint density at radius 3 is 2.31 bits per heavy atom. The van der Waals surface area contributed by atoms with Crippen molar-refractivity contribution in [2.24, 2.45) is 0 Å². The number of nitrogens with zero attached hydrogens (tertiary/aromatic N) is 3. The molecule has 7 heteroatoms. The van der Waals surface area contributed by atoms with Crippen molar-refractivity contribution in [2.75, 3.05) is 21.3 Å². The number of alkyl halides is 1. The molecule has 3 rings (SSSR count). The van der Waals surface area contributed by atoms with Crippen molar-refractivity contribution in [3.05, 3.63) is 54.0 Å². The average Bonchev–Trinajstić information content (AvgIpc) is 3.10. The Kier molecular flexibility index (Phi) is 5.63. The summed E-state index contributed by atoms with van der Waals surface area (Å²) in [6, 6.07) is 9.67. The minimum Gasteiger partial charge on any atom is -0.493 e. The van der Waals surface area contributed by atoms with Gasteiger partial charge in [-0.1, -0.05) is 6.07 Å². The van der Waals surface area contributed by atoms with E-state index in [1.165, 1.54) is 0 Å². The molecule has 0 aliphatic heterocycles. The maximum Gasteiger partial charge on any atom is 0.203 e. The molecule has 0 unspecified atom stereocenters. The SMILES string of the molecule is COc1cc(-c2cc(CCl)nn2Cc2cccnc2)cc(OC)c1OC. The van der Waals surface area contributed by atoms with E-state index in [1.807, 2.05) is 41.2 Å². The van der Waals surface area contributed by atoms with Crippen LogP contribution in [0.15, 0.2) is 42.7 Å². The number of rotatable bonds is 7. The summed E-state index contributed by atoms with van der Waals surface area (Å²) in [7, 11) is 4.77. The van der Waals surface area contributed by atoms with Gasteiger partial charge in [-0.2, -0.15) is 5.10 Å². The van der Waals surface area contributed by atoms with Crippen LogP contribution < -0.4 is 14.2 Å². The molecule has 0 aliphatic carbocycles. The molecule has 136 valence electrons. The molecule has 26 heavy (non-hydrogen) atoms. The Morgan fingerprint density at radius 1 is 1.04 bits per heavy atom. The van der Waals surface area contributed by atoms with Crippen molar-refractivity contribution in [2.45, 2.75) is 12.4 Å². The highest BCUT2D eigenvalue weighted by atomic mass is 35.5. The minimum atomic E-state index is 0.331. The topological polar surface area (TPSA) is 58.4 Å². The van der Waals surface area contributed by atoms with Crippen LogP contribution in [0.1, 0.15) is 11.3 Å². The van der Waals surface area contributed by atoms with Crippen LogP contribution in [0, 0.1) is 0 Å². The van der Waals surface area contributed by atoms with E-state index in [1.54, 1.807) is 27.5 Å². The van der Waals surface area contributed by atoms with Gasteiger partial charge in [-0.3, -0.25) is 9.67 Å². The van der Waals surface area contributed by atoms with Crippen LogP contribution >= 0.6 is 11.6 Å². The first-order valence-corrected chi connectivity index (χ1v) is 8.55. The van der Waals surface area contributed by atoms with Gasteiger partial charge in [-0.15, -0.1) is 11.6 Å². The van der Waals surface area contributed by atoms with Crippen molar-refractivity contribution in [1.29, 1.82) is 0 Å². The van der Waals surface area contributed by atoms with Gasteiger partial charge >= 0.3 is 0 Å². The summed E-state index contributed by atoms with van der Waals surface area (Å²) >= 11 is 6.01. The van der Waals surface area contributed by atoms with E-state index in [0.29, 0.717) is 29.7 Å². The summed E-state index contributed by atoms with van der Waals surface area (Å²) in [5.74, 6) is 2.05. The predicted octanol–water partition coefficient (Wildman–Crippen LogP) is 3.76. The van der Waals surface area contributed by atoms with E-state index in [-0.39, 0.29) is 0 Å². The Balaban J connectivity index is 2.10. The lowest BCUT2D eigenvalue weighted by atomic mass is 10.1. The van der Waals surface area contributed by atoms with E-state index in [9.17, 15) is 0 Å². The van der Waals surface area contributed by atoms with Gasteiger partial charge in [0.05, 0.1) is 45.1 Å². The first-order valence-electron chi connectivity index (χ1n) is 8.02. The second-order valence-electron chi connectivity index (χ2n) is 5.59. The van der Waals surface area contributed by atoms with Crippen molar-refractivity contribution in [1.82, 2.24) is 14.8 Å². The maximum atomic E-state index is 6.01. The van der Waals surface area contributed by atoms with Crippen LogP contribution in [-0.2, 0) is 12.4 Å². The first kappa shape index (κ1) is 18.1. The number of ether oxygens (including phenoxy) is 3. The predicted molar refractivity (Wildman–Crippen MR) is 100 cm³/mol. The second kappa shape index (κ2) is 8.10. The molecule has 3 aromatic rings. The number of hydrogen-bond donors (Lipinski definition) is 0. The van der Waals surface area contributed by atoms with Crippen LogP contribution in [-0.4, -0.2) is 36.1 Å². The Morgan fingerprint density at radius 2 is 1.77 bits per heavy atom. The third-order valence-electron chi connectivity index (χ3n) is 3.98. The summed E-state index contributed by atoms with van der Waals surface area (Å²) in [5, 5.41) is 4.60. The highest BCUT2D eigenvalue weighted by molar-refractivity contribution is 6.16. The molecule has 6 nitrogen and oxygen atoms in total. The molecule has 0 saturated heterocycles. The van der Waals surface area contributed by atoms with E-state index in [0.717, 1.165) is 22.5 Å². The lowest BCUT2D eigenvalue weighted by molar-refractivity contribution is 0.324. The molecule has 0 saturated carbocycles. The molecule has 0 spiro atoms. The molecular formula is C19H20ClN3O3. The standard InChI is InChI=1S/C19H20ClN3O3/c1-24-17-7-14(8-18(25-2)19(17)26-3)16-9-15(10-20)22-23(16)12-13-5-4-6-21-11-13/h4-9,11H,10,12H2,1-3H3. The molecule has 0 radical (unpaired) electrons. The van der Waals surface area contributed by atoms with Crippen molar-refractivity contribution in [3.8, 4) is 28.5 Å². The summed E-state index contributed by atoms with van der Waals surface area (Å²) < 4.78 is 18.2. The molecule has 0 atom stereocenters. The smallest absolute Gasteiger partial charge is 0.203 e. The summed E-state index contributed by atoms with van der Waals surface area (Å²) in [4.78, 5) is 4.16. The zero-order valence-corrected chi connectivity index (χ0v) is 15.7. The number of aromatic nitrogens is 3. The normalized spacial score (nSPS) is 10.6. The van der Waals surface area contributed by atoms with Gasteiger partial charge in [-0.25, -0.2) is 0 Å². The summed E-state index contributed by atoms with van der Waals surface area (Å²) in [6.07, 6.45) is 3.57. The van der Waals surface area contributed by atoms with Gasteiger partial charge in [0, 0.05) is 18.0 Å². The fourth-order valence-electron chi connectivity index (χ4n) is 2.78. The van der Waals surface area contributed by atoms with Crippen LogP contribution in [0.25, 0.3) is 11.3 Å². The van der Waals surface area contributed by atoms with Gasteiger partial charge in [0.2, 0.25) is 5.75 Å². The average molecular weight is 374 g/mol. The van der Waals surface area contributed by atoms with Crippen molar-refractivity contribution >= 4 is 11.6 Å². The van der Waals surface area contributed by atoms with Gasteiger partial charge in [0.1, 0.15) is 0 Å². The molecule has 2 heterocycles. The maximum absolute atomic E-state index is 6.01. The van der Waals surface area contributed by atoms with Crippen LogP contribution in [0.4, 0.5) is 0 Å². The fourth-order valence-corrected chi connectivity index (χ4v) is 2.91. The number of benzene rings is 1. The number of halogens is 1. The zero-order valence-electron chi connectivity index (χ0n) is 14.9. The summed E-state index contributed by atoms with van der Waals surface area (Å²) in [6.45, 7) is 0.580. The fraction of sp³-hybridized carbons (Fsp3) is 0.263. The lowest BCUT2D eigenvalue weighted by Crippen LogP contribution is -2.05. The molecule has 0 aliphatic rings. The Labute approximate surface area is 157 Å². The minimum absolute atomic E-state index is 0.331. The number of hydrogen-bond acceptors (Lipinski definition) is 5. The van der Waals surface area contributed by atoms with Gasteiger partial charge < -0.3 is 14.2 Å². The Hall–Kier alpha value is -2.73. The van der Waals surface area contributed by atoms with Crippen molar-refractivity contribution in [3.63, 3.8) is 0 Å². The van der Waals surface area contributed by atoms with Crippen LogP contribution in [0.3, 0.4) is 0 Å². The first-order chi connectivity index (χ1) is 12.7. The molecule has 0 bridgehead atoms. The van der Waals surface area contributed by atoms with Gasteiger partial charge in [0.15, 0.2) is 11.5 Å². The quantitative estimate of drug-likeness (QED) is 0.590. The van der Waals surface area contributed by atoms with Crippen molar-refractivity contribution < 1.29 is 14.2 Å². The third kappa shape index (κ3) is 3.60. The number of pyridine rings is 1. The highest BCUT2D eigenvalue weighted by Gasteiger charge is 2.17. The Bertz CT molecular complexity index is 856. The van der Waals surface area contributed by atoms with Crippen LogP contribution in [0.5, 0.6) is 17.2 Å². The monoisotopic (exact) mass is 373 g/mol. The number of methoxy groups -OCH3 is 3. The lowest BCUT2D eigenvalue weighted by Gasteiger charge is -2.15. The molecule has 1 aromatic carbocycles. The molecule has 0 N–H and O–H groups in total. The van der Waals surface area contributed by atoms with E-state index < -0.39 is 0 Å². The second-order valence-corrected chi connectivity index (χ2v) is 5.85. The van der Waals surface area contributed by atoms with E-state index in [2.05, 4.69) is 10.1 Å². The van der Waals surface area contributed by atoms with Crippen LogP contribution in [0.2, 0.25) is 0 Å². The largest absolute Gasteiger partial charge is 0.493 e. The summed E-state index contributed by atoms with van der Waals surface area (Å²) in [5.41, 5.74) is 3.64.